The van der Waals surface area contributed by atoms with Gasteiger partial charge in [-0.2, -0.15) is 0 Å². The van der Waals surface area contributed by atoms with Gasteiger partial charge in [-0.15, -0.1) is 0 Å². The van der Waals surface area contributed by atoms with E-state index in [1.54, 1.807) is 24.3 Å². The molecule has 2 rings (SSSR count). The summed E-state index contributed by atoms with van der Waals surface area (Å²) in [6.07, 6.45) is 0. The molecule has 16 heavy (non-hydrogen) atoms. The number of carbonyl (C=O) groups excluding carboxylic acids is 2. The van der Waals surface area contributed by atoms with E-state index in [0.29, 0.717) is 24.3 Å². The van der Waals surface area contributed by atoms with E-state index in [1.807, 2.05) is 0 Å². The number of hydrogen-bond donors (Lipinski definition) is 2. The third-order valence-electron chi connectivity index (χ3n) is 2.52. The molecular formula is C11H13N3O2. The van der Waals surface area contributed by atoms with Crippen LogP contribution in [0.15, 0.2) is 24.3 Å². The highest BCUT2D eigenvalue weighted by Crippen LogP contribution is 2.13. The van der Waals surface area contributed by atoms with Crippen LogP contribution in [0.1, 0.15) is 10.4 Å². The van der Waals surface area contributed by atoms with Crippen molar-refractivity contribution in [1.82, 2.24) is 10.2 Å². The van der Waals surface area contributed by atoms with Crippen LogP contribution in [0.5, 0.6) is 0 Å². The van der Waals surface area contributed by atoms with Crippen LogP contribution in [-0.4, -0.2) is 36.3 Å². The minimum absolute atomic E-state index is 0.104. The maximum absolute atomic E-state index is 12.0. The third kappa shape index (κ3) is 1.98. The standard InChI is InChI=1S/C11H13N3O2/c12-9-4-2-1-3-8(9)11(16)14-6-5-13-10(15)7-14/h1-4H,5-7,12H2,(H,13,15). The first-order valence-electron chi connectivity index (χ1n) is 5.09. The Balaban J connectivity index is 2.19. The number of para-hydroxylation sites is 1. The normalized spacial score (nSPS) is 15.8. The van der Waals surface area contributed by atoms with Gasteiger partial charge >= 0.3 is 0 Å². The van der Waals surface area contributed by atoms with Crippen LogP contribution in [0.25, 0.3) is 0 Å². The quantitative estimate of drug-likeness (QED) is 0.644. The second-order valence-electron chi connectivity index (χ2n) is 3.66. The Bertz CT molecular complexity index is 431. The van der Waals surface area contributed by atoms with Crippen molar-refractivity contribution in [3.05, 3.63) is 29.8 Å². The Labute approximate surface area is 93.2 Å². The average Bonchev–Trinajstić information content (AvgIpc) is 2.29. The van der Waals surface area contributed by atoms with Gasteiger partial charge in [-0.3, -0.25) is 9.59 Å². The molecule has 0 aliphatic carbocycles. The summed E-state index contributed by atoms with van der Waals surface area (Å²) in [6, 6.07) is 6.88. The van der Waals surface area contributed by atoms with E-state index < -0.39 is 0 Å². The number of carbonyl (C=O) groups is 2. The number of hydrogen-bond acceptors (Lipinski definition) is 3. The Morgan fingerprint density at radius 3 is 2.81 bits per heavy atom. The fourth-order valence-corrected chi connectivity index (χ4v) is 1.67. The van der Waals surface area contributed by atoms with Crippen LogP contribution in [0.2, 0.25) is 0 Å². The fraction of sp³-hybridized carbons (Fsp3) is 0.273. The largest absolute Gasteiger partial charge is 0.398 e. The van der Waals surface area contributed by atoms with E-state index in [4.69, 9.17) is 5.73 Å². The van der Waals surface area contributed by atoms with Crippen molar-refractivity contribution >= 4 is 17.5 Å². The summed E-state index contributed by atoms with van der Waals surface area (Å²) in [6.45, 7) is 1.13. The summed E-state index contributed by atoms with van der Waals surface area (Å²) >= 11 is 0. The molecular weight excluding hydrogens is 206 g/mol. The molecule has 1 fully saturated rings. The molecule has 1 aromatic carbocycles. The van der Waals surface area contributed by atoms with Gasteiger partial charge in [0.2, 0.25) is 5.91 Å². The summed E-state index contributed by atoms with van der Waals surface area (Å²) < 4.78 is 0. The first-order chi connectivity index (χ1) is 7.68. The van der Waals surface area contributed by atoms with Crippen LogP contribution in [0, 0.1) is 0 Å². The van der Waals surface area contributed by atoms with Crippen LogP contribution in [0.3, 0.4) is 0 Å². The van der Waals surface area contributed by atoms with Crippen molar-refractivity contribution in [3.63, 3.8) is 0 Å². The lowest BCUT2D eigenvalue weighted by molar-refractivity contribution is -0.123. The van der Waals surface area contributed by atoms with E-state index in [1.165, 1.54) is 4.90 Å². The van der Waals surface area contributed by atoms with E-state index >= 15 is 0 Å². The van der Waals surface area contributed by atoms with Gasteiger partial charge in [-0.25, -0.2) is 0 Å². The molecule has 0 aromatic heterocycles. The number of piperazine rings is 1. The number of benzene rings is 1. The predicted octanol–water partition coefficient (Wildman–Crippen LogP) is -0.159. The Morgan fingerprint density at radius 2 is 2.12 bits per heavy atom. The zero-order valence-electron chi connectivity index (χ0n) is 8.77. The maximum atomic E-state index is 12.0. The number of nitrogens with one attached hydrogen (secondary N) is 1. The number of rotatable bonds is 1. The zero-order chi connectivity index (χ0) is 11.5. The number of amides is 2. The average molecular weight is 219 g/mol. The second kappa shape index (κ2) is 4.22. The number of nitrogen functional groups attached to an aromatic ring is 1. The first-order valence-corrected chi connectivity index (χ1v) is 5.09. The lowest BCUT2D eigenvalue weighted by Crippen LogP contribution is -2.50. The van der Waals surface area contributed by atoms with E-state index in [9.17, 15) is 9.59 Å². The minimum Gasteiger partial charge on any atom is -0.398 e. The summed E-state index contributed by atoms with van der Waals surface area (Å²) in [4.78, 5) is 24.7. The Kier molecular flexibility index (Phi) is 2.76. The van der Waals surface area contributed by atoms with Crippen LogP contribution < -0.4 is 11.1 Å². The topological polar surface area (TPSA) is 75.4 Å². The molecule has 1 aromatic rings. The number of anilines is 1. The lowest BCUT2D eigenvalue weighted by atomic mass is 10.1. The van der Waals surface area contributed by atoms with Crippen LogP contribution in [0.4, 0.5) is 5.69 Å². The van der Waals surface area contributed by atoms with E-state index in [-0.39, 0.29) is 18.4 Å². The van der Waals surface area contributed by atoms with Crippen molar-refractivity contribution in [3.8, 4) is 0 Å². The second-order valence-corrected chi connectivity index (χ2v) is 3.66. The highest BCUT2D eigenvalue weighted by molar-refractivity contribution is 6.01. The summed E-state index contributed by atoms with van der Waals surface area (Å²) in [5.74, 6) is -0.318. The molecule has 84 valence electrons. The molecule has 0 radical (unpaired) electrons. The minimum atomic E-state index is -0.187. The monoisotopic (exact) mass is 219 g/mol. The van der Waals surface area contributed by atoms with E-state index in [2.05, 4.69) is 5.32 Å². The molecule has 5 nitrogen and oxygen atoms in total. The zero-order valence-corrected chi connectivity index (χ0v) is 8.77. The number of nitrogens with zero attached hydrogens (tertiary/aromatic N) is 1. The van der Waals surface area contributed by atoms with Crippen molar-refractivity contribution in [2.45, 2.75) is 0 Å². The lowest BCUT2D eigenvalue weighted by Gasteiger charge is -2.27. The molecule has 0 bridgehead atoms. The van der Waals surface area contributed by atoms with Crippen LogP contribution in [-0.2, 0) is 4.79 Å². The predicted molar refractivity (Wildman–Crippen MR) is 59.8 cm³/mol. The molecule has 1 aliphatic rings. The molecule has 0 spiro atoms. The molecule has 1 aliphatic heterocycles. The first kappa shape index (κ1) is 10.5. The van der Waals surface area contributed by atoms with Gasteiger partial charge in [0.1, 0.15) is 0 Å². The van der Waals surface area contributed by atoms with Crippen molar-refractivity contribution in [1.29, 1.82) is 0 Å². The molecule has 2 amide bonds. The smallest absolute Gasteiger partial charge is 0.256 e. The van der Waals surface area contributed by atoms with Gasteiger partial charge in [-0.1, -0.05) is 12.1 Å². The molecule has 0 atom stereocenters. The van der Waals surface area contributed by atoms with Gasteiger partial charge in [0.15, 0.2) is 0 Å². The summed E-state index contributed by atoms with van der Waals surface area (Å²) in [7, 11) is 0. The van der Waals surface area contributed by atoms with E-state index in [0.717, 1.165) is 0 Å². The molecule has 0 saturated carbocycles. The number of nitrogens with two attached hydrogens (primary N) is 1. The van der Waals surface area contributed by atoms with Crippen molar-refractivity contribution < 1.29 is 9.59 Å². The molecule has 1 saturated heterocycles. The van der Waals surface area contributed by atoms with Gasteiger partial charge in [-0.05, 0) is 12.1 Å². The molecule has 3 N–H and O–H groups in total. The Morgan fingerprint density at radius 1 is 1.38 bits per heavy atom. The molecule has 1 heterocycles. The van der Waals surface area contributed by atoms with Crippen molar-refractivity contribution in [2.24, 2.45) is 0 Å². The summed E-state index contributed by atoms with van der Waals surface area (Å²) in [5, 5.41) is 2.67. The van der Waals surface area contributed by atoms with Gasteiger partial charge < -0.3 is 16.0 Å². The van der Waals surface area contributed by atoms with Crippen LogP contribution >= 0.6 is 0 Å². The summed E-state index contributed by atoms with van der Waals surface area (Å²) in [5.41, 5.74) is 6.61. The van der Waals surface area contributed by atoms with Crippen molar-refractivity contribution in [2.75, 3.05) is 25.4 Å². The maximum Gasteiger partial charge on any atom is 0.256 e. The molecule has 0 unspecified atom stereocenters. The SMILES string of the molecule is Nc1ccccc1C(=O)N1CCNC(=O)C1. The highest BCUT2D eigenvalue weighted by atomic mass is 16.2. The van der Waals surface area contributed by atoms with Gasteiger partial charge in [0.05, 0.1) is 12.1 Å². The van der Waals surface area contributed by atoms with Gasteiger partial charge in [0, 0.05) is 18.8 Å². The highest BCUT2D eigenvalue weighted by Gasteiger charge is 2.23. The fourth-order valence-electron chi connectivity index (χ4n) is 1.67. The Hall–Kier alpha value is -2.04. The van der Waals surface area contributed by atoms with Gasteiger partial charge in [0.25, 0.3) is 5.91 Å². The third-order valence-corrected chi connectivity index (χ3v) is 2.52. The molecule has 5 heteroatoms.